The molecule has 0 unspecified atom stereocenters. The van der Waals surface area contributed by atoms with Gasteiger partial charge in [0, 0.05) is 40.9 Å². The number of rotatable bonds is 7. The van der Waals surface area contributed by atoms with Crippen molar-refractivity contribution in [1.29, 1.82) is 0 Å². The second kappa shape index (κ2) is 11.1. The number of carboxylic acid groups (broad SMARTS) is 1. The maximum atomic E-state index is 13.8. The maximum absolute atomic E-state index is 13.8. The van der Waals surface area contributed by atoms with Crippen LogP contribution in [0.5, 0.6) is 0 Å². The molecule has 0 saturated carbocycles. The Labute approximate surface area is 216 Å². The maximum Gasteiger partial charge on any atom is 0.422 e. The van der Waals surface area contributed by atoms with Gasteiger partial charge < -0.3 is 19.9 Å². The zero-order valence-electron chi connectivity index (χ0n) is 18.8. The SMILES string of the molecule is O=C(OCC(F)(F)F)C1=C(CN2CCOC[C@H]2C(=O)O)NC(c2nccs2)=N[C@H]1c1ccc(F)cc1Cl. The molecule has 15 heteroatoms. The third kappa shape index (κ3) is 6.44. The van der Waals surface area contributed by atoms with Crippen LogP contribution in [0.3, 0.4) is 0 Å². The summed E-state index contributed by atoms with van der Waals surface area (Å²) in [4.78, 5) is 35.0. The summed E-state index contributed by atoms with van der Waals surface area (Å²) in [6.07, 6.45) is -3.29. The van der Waals surface area contributed by atoms with Crippen molar-refractivity contribution in [1.82, 2.24) is 15.2 Å². The predicted octanol–water partition coefficient (Wildman–Crippen LogP) is 3.17. The van der Waals surface area contributed by atoms with Crippen LogP contribution >= 0.6 is 22.9 Å². The molecular formula is C22H19ClF4N4O5S. The van der Waals surface area contributed by atoms with Crippen molar-refractivity contribution < 1.29 is 41.7 Å². The number of hydrogen-bond acceptors (Lipinski definition) is 9. The number of alkyl halides is 3. The molecule has 37 heavy (non-hydrogen) atoms. The molecule has 1 aromatic heterocycles. The molecule has 0 spiro atoms. The lowest BCUT2D eigenvalue weighted by molar-refractivity contribution is -0.183. The molecule has 2 aliphatic rings. The lowest BCUT2D eigenvalue weighted by Gasteiger charge is -2.35. The van der Waals surface area contributed by atoms with Crippen molar-refractivity contribution >= 4 is 40.7 Å². The second-order valence-corrected chi connectivity index (χ2v) is 9.29. The molecule has 2 aromatic rings. The fraction of sp³-hybridized carbons (Fsp3) is 0.364. The van der Waals surface area contributed by atoms with Gasteiger partial charge in [0.05, 0.1) is 18.8 Å². The van der Waals surface area contributed by atoms with E-state index in [-0.39, 0.29) is 54.0 Å². The van der Waals surface area contributed by atoms with Crippen molar-refractivity contribution in [3.8, 4) is 0 Å². The van der Waals surface area contributed by atoms with Gasteiger partial charge in [-0.15, -0.1) is 11.3 Å². The van der Waals surface area contributed by atoms with Crippen LogP contribution in [0.2, 0.25) is 5.02 Å². The van der Waals surface area contributed by atoms with E-state index in [2.05, 4.69) is 20.0 Å². The molecule has 9 nitrogen and oxygen atoms in total. The molecule has 3 heterocycles. The minimum Gasteiger partial charge on any atom is -0.480 e. The molecule has 198 valence electrons. The number of aromatic nitrogens is 1. The number of carbonyl (C=O) groups excluding carboxylic acids is 1. The van der Waals surface area contributed by atoms with E-state index in [0.717, 1.165) is 12.1 Å². The zero-order chi connectivity index (χ0) is 26.7. The number of hydrogen-bond donors (Lipinski definition) is 2. The lowest BCUT2D eigenvalue weighted by Crippen LogP contribution is -2.52. The number of nitrogens with one attached hydrogen (secondary N) is 1. The Hall–Kier alpha value is -3.07. The average Bonchev–Trinajstić information content (AvgIpc) is 3.37. The Balaban J connectivity index is 1.83. The highest BCUT2D eigenvalue weighted by Gasteiger charge is 2.39. The fourth-order valence-electron chi connectivity index (χ4n) is 3.84. The van der Waals surface area contributed by atoms with Gasteiger partial charge in [-0.2, -0.15) is 13.2 Å². The van der Waals surface area contributed by atoms with Crippen molar-refractivity contribution in [3.63, 3.8) is 0 Å². The van der Waals surface area contributed by atoms with Crippen LogP contribution in [-0.4, -0.2) is 77.9 Å². The highest BCUT2D eigenvalue weighted by atomic mass is 35.5. The first-order chi connectivity index (χ1) is 17.5. The molecule has 0 amide bonds. The predicted molar refractivity (Wildman–Crippen MR) is 124 cm³/mol. The number of morpholine rings is 1. The largest absolute Gasteiger partial charge is 0.480 e. The molecule has 4 rings (SSSR count). The second-order valence-electron chi connectivity index (χ2n) is 7.99. The number of benzene rings is 1. The number of esters is 1. The molecular weight excluding hydrogens is 544 g/mol. The Morgan fingerprint density at radius 1 is 1.35 bits per heavy atom. The molecule has 2 aliphatic heterocycles. The number of aliphatic imine (C=N–C) groups is 1. The Morgan fingerprint density at radius 3 is 2.78 bits per heavy atom. The summed E-state index contributed by atoms with van der Waals surface area (Å²) in [5, 5.41) is 14.5. The van der Waals surface area contributed by atoms with Gasteiger partial charge in [-0.25, -0.2) is 14.2 Å². The van der Waals surface area contributed by atoms with Gasteiger partial charge >= 0.3 is 18.1 Å². The van der Waals surface area contributed by atoms with Crippen LogP contribution in [0.25, 0.3) is 0 Å². The van der Waals surface area contributed by atoms with E-state index in [1.807, 2.05) is 0 Å². The monoisotopic (exact) mass is 562 g/mol. The number of carbonyl (C=O) groups is 2. The summed E-state index contributed by atoms with van der Waals surface area (Å²) in [5.74, 6) is -3.02. The first-order valence-electron chi connectivity index (χ1n) is 10.7. The molecule has 1 fully saturated rings. The van der Waals surface area contributed by atoms with Gasteiger partial charge in [0.25, 0.3) is 0 Å². The van der Waals surface area contributed by atoms with Crippen LogP contribution in [0.1, 0.15) is 16.6 Å². The topological polar surface area (TPSA) is 113 Å². The minimum atomic E-state index is -4.80. The van der Waals surface area contributed by atoms with E-state index in [0.29, 0.717) is 5.01 Å². The molecule has 2 atom stereocenters. The third-order valence-electron chi connectivity index (χ3n) is 5.49. The Morgan fingerprint density at radius 2 is 2.14 bits per heavy atom. The van der Waals surface area contributed by atoms with E-state index in [1.54, 1.807) is 5.38 Å². The lowest BCUT2D eigenvalue weighted by atomic mass is 9.95. The Kier molecular flexibility index (Phi) is 8.11. The van der Waals surface area contributed by atoms with Crippen LogP contribution in [-0.2, 0) is 19.1 Å². The molecule has 1 aromatic carbocycles. The summed E-state index contributed by atoms with van der Waals surface area (Å²) in [6, 6.07) is 0.944. The number of aliphatic carboxylic acids is 1. The summed E-state index contributed by atoms with van der Waals surface area (Å²) in [7, 11) is 0. The molecule has 0 aliphatic carbocycles. The number of halogens is 5. The van der Waals surface area contributed by atoms with Crippen LogP contribution in [0.15, 0.2) is 46.0 Å². The number of nitrogens with zero attached hydrogens (tertiary/aromatic N) is 3. The third-order valence-corrected chi connectivity index (χ3v) is 6.60. The molecule has 2 N–H and O–H groups in total. The van der Waals surface area contributed by atoms with Gasteiger partial charge in [0.2, 0.25) is 0 Å². The fourth-order valence-corrected chi connectivity index (χ4v) is 4.70. The average molecular weight is 563 g/mol. The number of amidine groups is 1. The number of thiazole rings is 1. The van der Waals surface area contributed by atoms with Crippen molar-refractivity contribution in [2.45, 2.75) is 18.3 Å². The first-order valence-corrected chi connectivity index (χ1v) is 12.0. The Bertz CT molecular complexity index is 1240. The van der Waals surface area contributed by atoms with Crippen molar-refractivity contribution in [2.24, 2.45) is 4.99 Å². The first kappa shape index (κ1) is 27.0. The molecule has 0 radical (unpaired) electrons. The quantitative estimate of drug-likeness (QED) is 0.391. The summed E-state index contributed by atoms with van der Waals surface area (Å²) in [5.41, 5.74) is -0.147. The molecule has 0 bridgehead atoms. The smallest absolute Gasteiger partial charge is 0.422 e. The van der Waals surface area contributed by atoms with Crippen molar-refractivity contribution in [2.75, 3.05) is 32.9 Å². The van der Waals surface area contributed by atoms with Gasteiger partial charge in [-0.3, -0.25) is 14.7 Å². The number of carboxylic acids is 1. The summed E-state index contributed by atoms with van der Waals surface area (Å²) in [6.45, 7) is -1.82. The summed E-state index contributed by atoms with van der Waals surface area (Å²) >= 11 is 7.45. The highest BCUT2D eigenvalue weighted by Crippen LogP contribution is 2.37. The van der Waals surface area contributed by atoms with Gasteiger partial charge in [-0.05, 0) is 12.1 Å². The van der Waals surface area contributed by atoms with E-state index in [4.69, 9.17) is 16.3 Å². The van der Waals surface area contributed by atoms with Gasteiger partial charge in [-0.1, -0.05) is 17.7 Å². The van der Waals surface area contributed by atoms with Gasteiger partial charge in [0.1, 0.15) is 17.9 Å². The molecule has 1 saturated heterocycles. The van der Waals surface area contributed by atoms with Crippen LogP contribution in [0, 0.1) is 5.82 Å². The van der Waals surface area contributed by atoms with E-state index in [1.165, 1.54) is 28.5 Å². The number of ether oxygens (including phenoxy) is 2. The zero-order valence-corrected chi connectivity index (χ0v) is 20.4. The van der Waals surface area contributed by atoms with Crippen molar-refractivity contribution in [3.05, 3.63) is 62.5 Å². The summed E-state index contributed by atoms with van der Waals surface area (Å²) < 4.78 is 62.2. The normalized spacial score (nSPS) is 20.8. The van der Waals surface area contributed by atoms with Crippen LogP contribution in [0.4, 0.5) is 17.6 Å². The van der Waals surface area contributed by atoms with Gasteiger partial charge in [0.15, 0.2) is 17.5 Å². The van der Waals surface area contributed by atoms with E-state index >= 15 is 0 Å². The standard InChI is InChI=1S/C22H19ClF4N4O5S/c23-13-7-11(24)1-2-12(13)17-16(21(34)36-10-22(25,26)27)14(29-18(30-17)19-28-3-6-37-19)8-31-4-5-35-9-15(31)20(32)33/h1-3,6-7,15,17H,4-5,8-10H2,(H,29,30)(H,32,33)/t15-,17-/m0/s1. The van der Waals surface area contributed by atoms with E-state index in [9.17, 15) is 32.3 Å². The minimum absolute atomic E-state index is 0.0471. The van der Waals surface area contributed by atoms with Crippen LogP contribution < -0.4 is 5.32 Å². The highest BCUT2D eigenvalue weighted by molar-refractivity contribution is 7.11. The van der Waals surface area contributed by atoms with E-state index < -0.39 is 42.6 Å².